The quantitative estimate of drug-likeness (QED) is 0.127. The lowest BCUT2D eigenvalue weighted by Gasteiger charge is -2.26. The van der Waals surface area contributed by atoms with Crippen molar-refractivity contribution < 1.29 is 0 Å². The highest BCUT2D eigenvalue weighted by Gasteiger charge is 2.16. The van der Waals surface area contributed by atoms with Crippen LogP contribution >= 0.6 is 0 Å². The zero-order valence-corrected chi connectivity index (χ0v) is 46.4. The lowest BCUT2D eigenvalue weighted by atomic mass is 9.96. The Kier molecular flexibility index (Phi) is 14.1. The van der Waals surface area contributed by atoms with E-state index in [2.05, 4.69) is 362 Å². The maximum atomic E-state index is 2.32. The standard InChI is InChI=1S/C44H31N.C38H27N/c1-2-14-38(15-3-1)45(40-30-26-37(27-31-40)44-19-9-13-35-11-5-7-17-42(35)44)39-28-24-33(25-29-39)32-20-22-36(23-21-32)43-18-8-12-34-10-4-6-16-41(34)43;1-2-14-32(15-3-1)39(33-24-20-30(21-25-33)37-18-8-12-28-10-4-6-16-35(28)37)34-26-22-31(23-27-34)38-19-9-13-29-11-5-7-17-36(29)38/h1-31H;1-27H. The van der Waals surface area contributed by atoms with Crippen molar-refractivity contribution in [3.05, 3.63) is 352 Å². The number of hydrogen-bond acceptors (Lipinski definition) is 2. The molecule has 15 rings (SSSR count). The monoisotopic (exact) mass is 1070 g/mol. The Morgan fingerprint density at radius 3 is 0.595 bits per heavy atom. The van der Waals surface area contributed by atoms with Gasteiger partial charge in [-0.25, -0.2) is 0 Å². The molecule has 0 heterocycles. The maximum Gasteiger partial charge on any atom is 0.0462 e. The van der Waals surface area contributed by atoms with Gasteiger partial charge in [0.05, 0.1) is 0 Å². The summed E-state index contributed by atoms with van der Waals surface area (Å²) in [4.78, 5) is 4.64. The maximum absolute atomic E-state index is 2.32. The molecule has 15 aromatic carbocycles. The van der Waals surface area contributed by atoms with Gasteiger partial charge in [-0.05, 0) is 172 Å². The molecule has 0 spiro atoms. The number of anilines is 6. The van der Waals surface area contributed by atoms with Crippen LogP contribution in [0.25, 0.3) is 98.7 Å². The Morgan fingerprint density at radius 2 is 0.321 bits per heavy atom. The van der Waals surface area contributed by atoms with Gasteiger partial charge in [0.1, 0.15) is 0 Å². The number of rotatable bonds is 11. The number of fused-ring (bicyclic) bond motifs is 4. The van der Waals surface area contributed by atoms with E-state index in [9.17, 15) is 0 Å². The number of hydrogen-bond donors (Lipinski definition) is 0. The molecular formula is C82H58N2. The largest absolute Gasteiger partial charge is 0.311 e. The van der Waals surface area contributed by atoms with Gasteiger partial charge in [-0.2, -0.15) is 0 Å². The average molecular weight is 1070 g/mol. The third-order valence-corrected chi connectivity index (χ3v) is 16.2. The fraction of sp³-hybridized carbons (Fsp3) is 0. The van der Waals surface area contributed by atoms with Crippen molar-refractivity contribution in [2.45, 2.75) is 0 Å². The van der Waals surface area contributed by atoms with E-state index in [1.807, 2.05) is 0 Å². The van der Waals surface area contributed by atoms with Crippen LogP contribution in [0.1, 0.15) is 0 Å². The molecule has 0 aliphatic rings. The lowest BCUT2D eigenvalue weighted by molar-refractivity contribution is 1.28. The Morgan fingerprint density at radius 1 is 0.131 bits per heavy atom. The first kappa shape index (κ1) is 51.1. The minimum Gasteiger partial charge on any atom is -0.311 e. The first-order valence-electron chi connectivity index (χ1n) is 28.8. The Hall–Kier alpha value is -11.1. The van der Waals surface area contributed by atoms with Gasteiger partial charge in [0.2, 0.25) is 0 Å². The fourth-order valence-corrected chi connectivity index (χ4v) is 12.0. The molecule has 0 unspecified atom stereocenters. The summed E-state index contributed by atoms with van der Waals surface area (Å²) in [6.45, 7) is 0. The van der Waals surface area contributed by atoms with Crippen LogP contribution in [0, 0.1) is 0 Å². The first-order valence-corrected chi connectivity index (χ1v) is 28.8. The van der Waals surface area contributed by atoms with E-state index >= 15 is 0 Å². The molecule has 396 valence electrons. The van der Waals surface area contributed by atoms with Crippen LogP contribution < -0.4 is 9.80 Å². The molecule has 0 saturated heterocycles. The zero-order valence-electron chi connectivity index (χ0n) is 46.4. The molecule has 0 radical (unpaired) electrons. The smallest absolute Gasteiger partial charge is 0.0462 e. The summed E-state index contributed by atoms with van der Waals surface area (Å²) in [5.74, 6) is 0. The van der Waals surface area contributed by atoms with Gasteiger partial charge in [0.15, 0.2) is 0 Å². The Balaban J connectivity index is 0.000000151. The highest BCUT2D eigenvalue weighted by Crippen LogP contribution is 2.41. The van der Waals surface area contributed by atoms with Crippen molar-refractivity contribution in [2.24, 2.45) is 0 Å². The van der Waals surface area contributed by atoms with E-state index in [0.29, 0.717) is 0 Å². The summed E-state index contributed by atoms with van der Waals surface area (Å²) >= 11 is 0. The van der Waals surface area contributed by atoms with E-state index in [1.165, 1.54) is 98.7 Å². The molecule has 0 aliphatic heterocycles. The van der Waals surface area contributed by atoms with Gasteiger partial charge in [-0.15, -0.1) is 0 Å². The third kappa shape index (κ3) is 10.4. The van der Waals surface area contributed by atoms with Crippen molar-refractivity contribution >= 4 is 77.2 Å². The summed E-state index contributed by atoms with van der Waals surface area (Å²) < 4.78 is 0. The van der Waals surface area contributed by atoms with E-state index in [0.717, 1.165) is 34.1 Å². The minimum absolute atomic E-state index is 1.12. The molecule has 0 aliphatic carbocycles. The van der Waals surface area contributed by atoms with Crippen LogP contribution in [0.2, 0.25) is 0 Å². The number of benzene rings is 15. The first-order chi connectivity index (χ1) is 41.7. The molecule has 0 atom stereocenters. The van der Waals surface area contributed by atoms with E-state index in [-0.39, 0.29) is 0 Å². The summed E-state index contributed by atoms with van der Waals surface area (Å²) in [6.07, 6.45) is 0. The van der Waals surface area contributed by atoms with E-state index < -0.39 is 0 Å². The molecule has 0 saturated carbocycles. The fourth-order valence-electron chi connectivity index (χ4n) is 12.0. The van der Waals surface area contributed by atoms with Crippen LogP contribution in [-0.4, -0.2) is 0 Å². The number of para-hydroxylation sites is 2. The van der Waals surface area contributed by atoms with Gasteiger partial charge < -0.3 is 9.80 Å². The molecular weight excluding hydrogens is 1010 g/mol. The highest BCUT2D eigenvalue weighted by molar-refractivity contribution is 6.00. The predicted octanol–water partition coefficient (Wildman–Crippen LogP) is 23.3. The minimum atomic E-state index is 1.12. The van der Waals surface area contributed by atoms with E-state index in [4.69, 9.17) is 0 Å². The van der Waals surface area contributed by atoms with Crippen molar-refractivity contribution in [1.29, 1.82) is 0 Å². The lowest BCUT2D eigenvalue weighted by Crippen LogP contribution is -2.09. The Bertz CT molecular complexity index is 4580. The normalized spacial score (nSPS) is 11.1. The molecule has 0 N–H and O–H groups in total. The zero-order chi connectivity index (χ0) is 56.0. The third-order valence-electron chi connectivity index (χ3n) is 16.2. The van der Waals surface area contributed by atoms with Crippen LogP contribution in [0.15, 0.2) is 352 Å². The molecule has 0 fully saturated rings. The summed E-state index contributed by atoms with van der Waals surface area (Å²) in [5.41, 5.74) is 19.1. The van der Waals surface area contributed by atoms with Crippen molar-refractivity contribution in [2.75, 3.05) is 9.80 Å². The second-order valence-electron chi connectivity index (χ2n) is 21.2. The summed E-state index contributed by atoms with van der Waals surface area (Å²) in [6, 6.07) is 126. The molecule has 0 amide bonds. The summed E-state index contributed by atoms with van der Waals surface area (Å²) in [7, 11) is 0. The van der Waals surface area contributed by atoms with Crippen LogP contribution in [0.5, 0.6) is 0 Å². The van der Waals surface area contributed by atoms with Crippen LogP contribution in [-0.2, 0) is 0 Å². The van der Waals surface area contributed by atoms with Gasteiger partial charge >= 0.3 is 0 Å². The van der Waals surface area contributed by atoms with Crippen LogP contribution in [0.3, 0.4) is 0 Å². The second kappa shape index (κ2) is 23.2. The van der Waals surface area contributed by atoms with Crippen molar-refractivity contribution in [3.8, 4) is 55.6 Å². The van der Waals surface area contributed by atoms with Crippen LogP contribution in [0.4, 0.5) is 34.1 Å². The topological polar surface area (TPSA) is 6.48 Å². The molecule has 84 heavy (non-hydrogen) atoms. The summed E-state index contributed by atoms with van der Waals surface area (Å²) in [5, 5.41) is 10.1. The number of nitrogens with zero attached hydrogens (tertiary/aromatic N) is 2. The molecule has 15 aromatic rings. The van der Waals surface area contributed by atoms with Gasteiger partial charge in [-0.1, -0.05) is 279 Å². The van der Waals surface area contributed by atoms with Crippen molar-refractivity contribution in [3.63, 3.8) is 0 Å². The van der Waals surface area contributed by atoms with Crippen molar-refractivity contribution in [1.82, 2.24) is 0 Å². The molecule has 0 aromatic heterocycles. The van der Waals surface area contributed by atoms with Gasteiger partial charge in [-0.3, -0.25) is 0 Å². The predicted molar refractivity (Wildman–Crippen MR) is 359 cm³/mol. The van der Waals surface area contributed by atoms with Gasteiger partial charge in [0, 0.05) is 34.1 Å². The molecule has 0 bridgehead atoms. The van der Waals surface area contributed by atoms with Gasteiger partial charge in [0.25, 0.3) is 0 Å². The second-order valence-corrected chi connectivity index (χ2v) is 21.2. The Labute approximate surface area is 491 Å². The van der Waals surface area contributed by atoms with E-state index in [1.54, 1.807) is 0 Å². The molecule has 2 heteroatoms. The SMILES string of the molecule is c1ccc(N(c2ccc(-c3ccc(-c4cccc5ccccc45)cc3)cc2)c2ccc(-c3cccc4ccccc34)cc2)cc1.c1ccc(N(c2ccc(-c3cccc4ccccc34)cc2)c2ccc(-c3cccc4ccccc34)cc2)cc1. The molecule has 2 nitrogen and oxygen atoms in total. The highest BCUT2D eigenvalue weighted by atomic mass is 15.1. The average Bonchev–Trinajstić information content (AvgIpc) is 3.61.